The Labute approximate surface area is 98.9 Å². The minimum absolute atomic E-state index is 0.0969. The van der Waals surface area contributed by atoms with Crippen LogP contribution >= 0.6 is 11.8 Å². The van der Waals surface area contributed by atoms with Gasteiger partial charge in [-0.15, -0.1) is 0 Å². The number of carbonyl (C=O) groups excluding carboxylic acids is 2. The molecule has 0 spiro atoms. The molecule has 0 heterocycles. The minimum atomic E-state index is -1.09. The van der Waals surface area contributed by atoms with Crippen molar-refractivity contribution in [2.24, 2.45) is 5.92 Å². The van der Waals surface area contributed by atoms with Crippen molar-refractivity contribution in [2.45, 2.75) is 13.3 Å². The van der Waals surface area contributed by atoms with Crippen LogP contribution in [0.2, 0.25) is 0 Å². The van der Waals surface area contributed by atoms with Gasteiger partial charge in [-0.25, -0.2) is 0 Å². The van der Waals surface area contributed by atoms with E-state index in [9.17, 15) is 14.7 Å². The van der Waals surface area contributed by atoms with E-state index in [0.29, 0.717) is 12.0 Å². The first-order chi connectivity index (χ1) is 7.65. The first-order valence-electron chi connectivity index (χ1n) is 5.08. The first kappa shape index (κ1) is 12.8. The maximum absolute atomic E-state index is 11.6. The van der Waals surface area contributed by atoms with Gasteiger partial charge in [0.1, 0.15) is 0 Å². The predicted molar refractivity (Wildman–Crippen MR) is 62.0 cm³/mol. The van der Waals surface area contributed by atoms with Gasteiger partial charge in [-0.05, 0) is 6.42 Å². The second-order valence-electron chi connectivity index (χ2n) is 3.39. The van der Waals surface area contributed by atoms with Crippen LogP contribution in [0.4, 0.5) is 0 Å². The Balaban J connectivity index is 2.50. The number of aliphatic carboxylic acids is 1. The minimum Gasteiger partial charge on any atom is -0.550 e. The summed E-state index contributed by atoms with van der Waals surface area (Å²) >= 11 is 1.03. The summed E-state index contributed by atoms with van der Waals surface area (Å²) < 4.78 is 0. The van der Waals surface area contributed by atoms with Crippen molar-refractivity contribution >= 4 is 22.8 Å². The molecule has 0 saturated heterocycles. The zero-order valence-corrected chi connectivity index (χ0v) is 9.83. The average molecular weight is 237 g/mol. The van der Waals surface area contributed by atoms with Gasteiger partial charge in [0.2, 0.25) is 5.12 Å². The third kappa shape index (κ3) is 3.70. The van der Waals surface area contributed by atoms with E-state index in [1.54, 1.807) is 31.2 Å². The van der Waals surface area contributed by atoms with Crippen LogP contribution in [0.25, 0.3) is 0 Å². The van der Waals surface area contributed by atoms with Gasteiger partial charge in [-0.2, -0.15) is 0 Å². The molecule has 0 saturated carbocycles. The second kappa shape index (κ2) is 6.33. The van der Waals surface area contributed by atoms with E-state index in [0.717, 1.165) is 11.8 Å². The van der Waals surface area contributed by atoms with Gasteiger partial charge >= 0.3 is 0 Å². The first-order valence-corrected chi connectivity index (χ1v) is 6.06. The molecule has 0 amide bonds. The molecule has 0 radical (unpaired) electrons. The van der Waals surface area contributed by atoms with E-state index >= 15 is 0 Å². The zero-order valence-electron chi connectivity index (χ0n) is 9.01. The Morgan fingerprint density at radius 1 is 1.31 bits per heavy atom. The van der Waals surface area contributed by atoms with Crippen molar-refractivity contribution in [3.8, 4) is 0 Å². The molecule has 1 rings (SSSR count). The number of benzene rings is 1. The highest BCUT2D eigenvalue weighted by molar-refractivity contribution is 8.14. The van der Waals surface area contributed by atoms with Gasteiger partial charge in [0.05, 0.1) is 0 Å². The largest absolute Gasteiger partial charge is 0.550 e. The van der Waals surface area contributed by atoms with Crippen molar-refractivity contribution in [3.63, 3.8) is 0 Å². The zero-order chi connectivity index (χ0) is 12.0. The number of carboxylic acid groups (broad SMARTS) is 1. The Hall–Kier alpha value is -1.29. The highest BCUT2D eigenvalue weighted by atomic mass is 32.2. The fourth-order valence-corrected chi connectivity index (χ4v) is 2.21. The smallest absolute Gasteiger partial charge is 0.219 e. The van der Waals surface area contributed by atoms with Gasteiger partial charge in [-0.3, -0.25) is 4.79 Å². The van der Waals surface area contributed by atoms with E-state index < -0.39 is 11.9 Å². The fourth-order valence-electron chi connectivity index (χ4n) is 1.19. The van der Waals surface area contributed by atoms with E-state index in [1.807, 2.05) is 6.07 Å². The molecule has 0 aromatic heterocycles. The number of hydrogen-bond donors (Lipinski definition) is 0. The summed E-state index contributed by atoms with van der Waals surface area (Å²) in [5, 5.41) is 10.5. The summed E-state index contributed by atoms with van der Waals surface area (Å²) in [6.45, 7) is 1.77. The van der Waals surface area contributed by atoms with E-state index in [2.05, 4.69) is 0 Å². The monoisotopic (exact) mass is 237 g/mol. The lowest BCUT2D eigenvalue weighted by molar-refractivity contribution is -0.310. The SMILES string of the molecule is CCC(CSC(=O)c1ccccc1)C(=O)[O-]. The molecule has 0 fully saturated rings. The van der Waals surface area contributed by atoms with Crippen LogP contribution in [0.3, 0.4) is 0 Å². The van der Waals surface area contributed by atoms with Crippen molar-refractivity contribution in [1.82, 2.24) is 0 Å². The average Bonchev–Trinajstić information content (AvgIpc) is 2.30. The molecule has 3 nitrogen and oxygen atoms in total. The van der Waals surface area contributed by atoms with Gasteiger partial charge in [-0.1, -0.05) is 49.0 Å². The number of thioether (sulfide) groups is 1. The van der Waals surface area contributed by atoms with Crippen LogP contribution in [0.1, 0.15) is 23.7 Å². The Morgan fingerprint density at radius 3 is 2.44 bits per heavy atom. The van der Waals surface area contributed by atoms with Crippen LogP contribution in [-0.2, 0) is 4.79 Å². The van der Waals surface area contributed by atoms with Crippen LogP contribution in [-0.4, -0.2) is 16.8 Å². The number of carboxylic acids is 1. The summed E-state index contributed by atoms with van der Waals surface area (Å²) in [7, 11) is 0. The summed E-state index contributed by atoms with van der Waals surface area (Å²) in [5.74, 6) is -1.37. The van der Waals surface area contributed by atoms with Gasteiger partial charge in [0.15, 0.2) is 0 Å². The van der Waals surface area contributed by atoms with Crippen LogP contribution in [0.5, 0.6) is 0 Å². The van der Waals surface area contributed by atoms with Crippen molar-refractivity contribution in [3.05, 3.63) is 35.9 Å². The molecule has 0 aliphatic carbocycles. The standard InChI is InChI=1S/C12H14O3S/c1-2-9(11(13)14)8-16-12(15)10-6-4-3-5-7-10/h3-7,9H,2,8H2,1H3,(H,13,14)/p-1. The lowest BCUT2D eigenvalue weighted by Gasteiger charge is -2.14. The number of hydrogen-bond acceptors (Lipinski definition) is 4. The number of carbonyl (C=O) groups is 2. The lowest BCUT2D eigenvalue weighted by Crippen LogP contribution is -2.32. The maximum Gasteiger partial charge on any atom is 0.219 e. The molecular weight excluding hydrogens is 224 g/mol. The predicted octanol–water partition coefficient (Wildman–Crippen LogP) is 1.34. The van der Waals surface area contributed by atoms with Crippen LogP contribution in [0.15, 0.2) is 30.3 Å². The molecule has 1 unspecified atom stereocenters. The van der Waals surface area contributed by atoms with E-state index in [-0.39, 0.29) is 10.9 Å². The fraction of sp³-hybridized carbons (Fsp3) is 0.333. The summed E-state index contributed by atoms with van der Waals surface area (Å²) in [5.41, 5.74) is 0.598. The summed E-state index contributed by atoms with van der Waals surface area (Å²) in [6.07, 6.45) is 0.484. The van der Waals surface area contributed by atoms with Crippen LogP contribution < -0.4 is 5.11 Å². The molecule has 0 aliphatic heterocycles. The van der Waals surface area contributed by atoms with Crippen LogP contribution in [0, 0.1) is 5.92 Å². The molecule has 0 aliphatic rings. The Morgan fingerprint density at radius 2 is 1.94 bits per heavy atom. The highest BCUT2D eigenvalue weighted by Crippen LogP contribution is 2.17. The van der Waals surface area contributed by atoms with Gasteiger partial charge < -0.3 is 9.90 Å². The molecule has 4 heteroatoms. The Kier molecular flexibility index (Phi) is 5.05. The van der Waals surface area contributed by atoms with Gasteiger partial charge in [0.25, 0.3) is 0 Å². The molecule has 1 aromatic rings. The molecule has 1 atom stereocenters. The van der Waals surface area contributed by atoms with E-state index in [1.165, 1.54) is 0 Å². The summed E-state index contributed by atoms with van der Waals surface area (Å²) in [6, 6.07) is 8.83. The highest BCUT2D eigenvalue weighted by Gasteiger charge is 2.12. The third-order valence-corrected chi connectivity index (χ3v) is 3.32. The molecule has 1 aromatic carbocycles. The maximum atomic E-state index is 11.6. The lowest BCUT2D eigenvalue weighted by atomic mass is 10.1. The second-order valence-corrected chi connectivity index (χ2v) is 4.38. The van der Waals surface area contributed by atoms with E-state index in [4.69, 9.17) is 0 Å². The molecule has 16 heavy (non-hydrogen) atoms. The molecule has 0 N–H and O–H groups in total. The normalized spacial score (nSPS) is 12.1. The molecular formula is C12H13O3S-. The Bertz CT molecular complexity index is 362. The number of rotatable bonds is 5. The summed E-state index contributed by atoms with van der Waals surface area (Å²) in [4.78, 5) is 22.3. The topological polar surface area (TPSA) is 57.2 Å². The van der Waals surface area contributed by atoms with Gasteiger partial charge in [0, 0.05) is 23.2 Å². The molecule has 0 bridgehead atoms. The molecule has 86 valence electrons. The van der Waals surface area contributed by atoms with Crippen molar-refractivity contribution in [2.75, 3.05) is 5.75 Å². The quantitative estimate of drug-likeness (QED) is 0.775. The van der Waals surface area contributed by atoms with Crippen molar-refractivity contribution < 1.29 is 14.7 Å². The van der Waals surface area contributed by atoms with Crippen molar-refractivity contribution in [1.29, 1.82) is 0 Å². The third-order valence-electron chi connectivity index (χ3n) is 2.25.